The van der Waals surface area contributed by atoms with Crippen molar-refractivity contribution in [3.63, 3.8) is 0 Å². The number of amides is 1. The molecule has 3 rings (SSSR count). The summed E-state index contributed by atoms with van der Waals surface area (Å²) in [6.45, 7) is 0. The summed E-state index contributed by atoms with van der Waals surface area (Å²) >= 11 is 1.34. The molecule has 0 aliphatic carbocycles. The van der Waals surface area contributed by atoms with Crippen LogP contribution in [0, 0.1) is 0 Å². The predicted octanol–water partition coefficient (Wildman–Crippen LogP) is 2.32. The number of aromatic amines is 1. The van der Waals surface area contributed by atoms with Gasteiger partial charge in [-0.2, -0.15) is 4.98 Å². The highest BCUT2D eigenvalue weighted by Gasteiger charge is 2.21. The molecule has 7 heteroatoms. The van der Waals surface area contributed by atoms with E-state index < -0.39 is 0 Å². The molecular formula is C17H17N5OS. The molecule has 6 nitrogen and oxygen atoms in total. The van der Waals surface area contributed by atoms with Crippen LogP contribution in [-0.2, 0) is 11.2 Å². The molecule has 0 aliphatic rings. The summed E-state index contributed by atoms with van der Waals surface area (Å²) in [5.41, 5.74) is 1.82. The first kappa shape index (κ1) is 16.2. The Morgan fingerprint density at radius 2 is 2.00 bits per heavy atom. The summed E-state index contributed by atoms with van der Waals surface area (Å²) in [4.78, 5) is 20.9. The Hall–Kier alpha value is -2.67. The van der Waals surface area contributed by atoms with Gasteiger partial charge in [-0.1, -0.05) is 48.2 Å². The minimum Gasteiger partial charge on any atom is -0.358 e. The summed E-state index contributed by atoms with van der Waals surface area (Å²) in [5.74, 6) is 0.543. The van der Waals surface area contributed by atoms with Gasteiger partial charge in [-0.05, 0) is 24.1 Å². The molecule has 3 aromatic rings. The van der Waals surface area contributed by atoms with E-state index >= 15 is 0 Å². The number of carbonyl (C=O) groups excluding carboxylic acids is 1. The van der Waals surface area contributed by atoms with E-state index in [1.807, 2.05) is 48.5 Å². The van der Waals surface area contributed by atoms with Crippen molar-refractivity contribution >= 4 is 17.7 Å². The minimum absolute atomic E-state index is 0.0481. The van der Waals surface area contributed by atoms with E-state index in [0.29, 0.717) is 17.4 Å². The summed E-state index contributed by atoms with van der Waals surface area (Å²) in [6, 6.07) is 15.5. The van der Waals surface area contributed by atoms with Crippen LogP contribution in [0.25, 0.3) is 11.5 Å². The van der Waals surface area contributed by atoms with Crippen LogP contribution in [-0.4, -0.2) is 38.4 Å². The fourth-order valence-corrected chi connectivity index (χ4v) is 3.22. The quantitative estimate of drug-likeness (QED) is 0.673. The number of nitrogens with one attached hydrogen (secondary N) is 2. The number of carbonyl (C=O) groups is 1. The number of thioether (sulfide) groups is 1. The third-order valence-electron chi connectivity index (χ3n) is 3.42. The second-order valence-electron chi connectivity index (χ2n) is 5.09. The Morgan fingerprint density at radius 3 is 2.71 bits per heavy atom. The largest absolute Gasteiger partial charge is 0.358 e. The maximum atomic E-state index is 12.2. The number of rotatable bonds is 6. The van der Waals surface area contributed by atoms with Crippen molar-refractivity contribution < 1.29 is 4.79 Å². The van der Waals surface area contributed by atoms with Crippen LogP contribution in [0.15, 0.2) is 59.9 Å². The van der Waals surface area contributed by atoms with E-state index in [4.69, 9.17) is 0 Å². The number of aromatic nitrogens is 4. The Bertz CT molecular complexity index is 791. The molecule has 122 valence electrons. The normalized spacial score (nSPS) is 11.9. The third-order valence-corrected chi connectivity index (χ3v) is 4.48. The second-order valence-corrected chi connectivity index (χ2v) is 6.26. The van der Waals surface area contributed by atoms with Gasteiger partial charge in [-0.15, -0.1) is 5.10 Å². The van der Waals surface area contributed by atoms with Gasteiger partial charge in [0, 0.05) is 13.2 Å². The lowest BCUT2D eigenvalue weighted by Gasteiger charge is -2.13. The molecule has 0 unspecified atom stereocenters. The molecule has 1 amide bonds. The van der Waals surface area contributed by atoms with Crippen LogP contribution < -0.4 is 5.32 Å². The van der Waals surface area contributed by atoms with Crippen LogP contribution in [0.1, 0.15) is 5.56 Å². The zero-order chi connectivity index (χ0) is 16.8. The number of pyridine rings is 1. The summed E-state index contributed by atoms with van der Waals surface area (Å²) < 4.78 is 0. The van der Waals surface area contributed by atoms with Crippen LogP contribution in [0.3, 0.4) is 0 Å². The lowest BCUT2D eigenvalue weighted by atomic mass is 10.1. The van der Waals surface area contributed by atoms with Crippen molar-refractivity contribution in [3.05, 3.63) is 60.3 Å². The van der Waals surface area contributed by atoms with Crippen LogP contribution in [0.4, 0.5) is 0 Å². The van der Waals surface area contributed by atoms with E-state index in [1.165, 1.54) is 11.8 Å². The van der Waals surface area contributed by atoms with Crippen LogP contribution in [0.2, 0.25) is 0 Å². The summed E-state index contributed by atoms with van der Waals surface area (Å²) in [7, 11) is 1.64. The van der Waals surface area contributed by atoms with Gasteiger partial charge in [-0.25, -0.2) is 0 Å². The number of nitrogens with zero attached hydrogens (tertiary/aromatic N) is 3. The number of benzene rings is 1. The highest BCUT2D eigenvalue weighted by atomic mass is 32.2. The van der Waals surface area contributed by atoms with E-state index in [1.54, 1.807) is 13.2 Å². The first-order valence-corrected chi connectivity index (χ1v) is 8.40. The van der Waals surface area contributed by atoms with Gasteiger partial charge < -0.3 is 5.32 Å². The van der Waals surface area contributed by atoms with Gasteiger partial charge in [0.2, 0.25) is 11.1 Å². The molecular weight excluding hydrogens is 322 g/mol. The third kappa shape index (κ3) is 3.99. The molecule has 1 atom stereocenters. The Morgan fingerprint density at radius 1 is 1.21 bits per heavy atom. The molecule has 0 bridgehead atoms. The average molecular weight is 339 g/mol. The van der Waals surface area contributed by atoms with Gasteiger partial charge in [0.15, 0.2) is 5.82 Å². The monoisotopic (exact) mass is 339 g/mol. The topological polar surface area (TPSA) is 83.6 Å². The van der Waals surface area contributed by atoms with E-state index in [0.717, 1.165) is 11.3 Å². The Balaban J connectivity index is 1.75. The van der Waals surface area contributed by atoms with E-state index in [9.17, 15) is 4.79 Å². The Labute approximate surface area is 144 Å². The van der Waals surface area contributed by atoms with E-state index in [-0.39, 0.29) is 11.2 Å². The van der Waals surface area contributed by atoms with Crippen molar-refractivity contribution in [2.45, 2.75) is 16.8 Å². The van der Waals surface area contributed by atoms with Gasteiger partial charge in [0.05, 0.1) is 5.25 Å². The molecule has 0 fully saturated rings. The smallest absolute Gasteiger partial charge is 0.233 e. The molecule has 0 saturated carbocycles. The standard InChI is InChI=1S/C17H17N5OS/c1-18-16(23)14(11-12-7-3-2-4-8-12)24-17-20-15(21-22-17)13-9-5-6-10-19-13/h2-10,14H,11H2,1H3,(H,18,23)(H,20,21,22)/t14-/m1/s1. The van der Waals surface area contributed by atoms with Gasteiger partial charge in [0.25, 0.3) is 0 Å². The molecule has 0 aliphatic heterocycles. The molecule has 0 radical (unpaired) electrons. The van der Waals surface area contributed by atoms with Gasteiger partial charge >= 0.3 is 0 Å². The number of H-pyrrole nitrogens is 1. The minimum atomic E-state index is -0.301. The average Bonchev–Trinajstić information content (AvgIpc) is 3.11. The van der Waals surface area contributed by atoms with Gasteiger partial charge in [-0.3, -0.25) is 14.9 Å². The van der Waals surface area contributed by atoms with Crippen molar-refractivity contribution in [2.24, 2.45) is 0 Å². The molecule has 1 aromatic carbocycles. The highest BCUT2D eigenvalue weighted by Crippen LogP contribution is 2.24. The molecule has 2 aromatic heterocycles. The SMILES string of the molecule is CNC(=O)[C@@H](Cc1ccccc1)Sc1n[nH]c(-c2ccccn2)n1. The molecule has 2 N–H and O–H groups in total. The zero-order valence-corrected chi connectivity index (χ0v) is 14.0. The van der Waals surface area contributed by atoms with Crippen LogP contribution in [0.5, 0.6) is 0 Å². The molecule has 2 heterocycles. The lowest BCUT2D eigenvalue weighted by molar-refractivity contribution is -0.120. The van der Waals surface area contributed by atoms with Crippen molar-refractivity contribution in [2.75, 3.05) is 7.05 Å². The number of hydrogen-bond donors (Lipinski definition) is 2. The fourth-order valence-electron chi connectivity index (χ4n) is 2.22. The predicted molar refractivity (Wildman–Crippen MR) is 93.5 cm³/mol. The van der Waals surface area contributed by atoms with E-state index in [2.05, 4.69) is 25.5 Å². The summed E-state index contributed by atoms with van der Waals surface area (Å²) in [5, 5.41) is 10.0. The van der Waals surface area contributed by atoms with Crippen molar-refractivity contribution in [3.8, 4) is 11.5 Å². The lowest BCUT2D eigenvalue weighted by Crippen LogP contribution is -2.31. The first-order chi connectivity index (χ1) is 11.8. The maximum absolute atomic E-state index is 12.2. The zero-order valence-electron chi connectivity index (χ0n) is 13.1. The maximum Gasteiger partial charge on any atom is 0.233 e. The first-order valence-electron chi connectivity index (χ1n) is 7.52. The number of hydrogen-bond acceptors (Lipinski definition) is 5. The fraction of sp³-hybridized carbons (Fsp3) is 0.176. The van der Waals surface area contributed by atoms with Crippen molar-refractivity contribution in [1.29, 1.82) is 0 Å². The molecule has 24 heavy (non-hydrogen) atoms. The molecule has 0 spiro atoms. The van der Waals surface area contributed by atoms with Crippen LogP contribution >= 0.6 is 11.8 Å². The summed E-state index contributed by atoms with van der Waals surface area (Å²) in [6.07, 6.45) is 2.31. The second kappa shape index (κ2) is 7.74. The highest BCUT2D eigenvalue weighted by molar-refractivity contribution is 8.00. The van der Waals surface area contributed by atoms with Crippen molar-refractivity contribution in [1.82, 2.24) is 25.5 Å². The molecule has 0 saturated heterocycles. The Kier molecular flexibility index (Phi) is 5.22. The van der Waals surface area contributed by atoms with Gasteiger partial charge in [0.1, 0.15) is 5.69 Å².